The predicted octanol–water partition coefficient (Wildman–Crippen LogP) is 3.07. The molecule has 0 atom stereocenters. The summed E-state index contributed by atoms with van der Waals surface area (Å²) >= 11 is 0. The van der Waals surface area contributed by atoms with Crippen LogP contribution < -0.4 is 5.32 Å². The van der Waals surface area contributed by atoms with Gasteiger partial charge in [-0.1, -0.05) is 39.8 Å². The Balaban J connectivity index is 2.28. The molecule has 0 amide bonds. The Morgan fingerprint density at radius 3 is 2.64 bits per heavy atom. The molecule has 1 rings (SSSR count). The summed E-state index contributed by atoms with van der Waals surface area (Å²) in [5, 5.41) is 3.29. The molecule has 60 valence electrons. The van der Waals surface area contributed by atoms with E-state index in [-0.39, 0.29) is 0 Å². The number of hydrogen-bond donors (Lipinski definition) is 1. The summed E-state index contributed by atoms with van der Waals surface area (Å²) < 4.78 is 0. The van der Waals surface area contributed by atoms with E-state index in [1.165, 1.54) is 5.69 Å². The van der Waals surface area contributed by atoms with E-state index in [4.69, 9.17) is 0 Å². The van der Waals surface area contributed by atoms with Gasteiger partial charge in [0, 0.05) is 5.69 Å². The summed E-state index contributed by atoms with van der Waals surface area (Å²) in [6.45, 7) is 0. The fourth-order valence-electron chi connectivity index (χ4n) is 0.728. The van der Waals surface area contributed by atoms with Crippen LogP contribution in [-0.2, 0) is 0 Å². The van der Waals surface area contributed by atoms with Crippen molar-refractivity contribution in [1.29, 1.82) is 0 Å². The fourth-order valence-corrected chi connectivity index (χ4v) is 1.60. The fraction of sp³-hybridized carbons (Fsp3) is 0.250. The Morgan fingerprint density at radius 2 is 2.00 bits per heavy atom. The molecule has 0 aliphatic heterocycles. The van der Waals surface area contributed by atoms with Crippen molar-refractivity contribution in [2.24, 2.45) is 0 Å². The molecular weight excluding hydrogens is 174 g/mol. The Labute approximate surface area is 75.4 Å². The highest BCUT2D eigenvalue weighted by Gasteiger charge is 1.86. The molecule has 0 aromatic heterocycles. The van der Waals surface area contributed by atoms with E-state index in [2.05, 4.69) is 23.7 Å². The molecule has 1 N–H and O–H groups in total. The van der Waals surface area contributed by atoms with Crippen LogP contribution in [-0.4, -0.2) is 12.1 Å². The van der Waals surface area contributed by atoms with E-state index < -0.39 is 0 Å². The molecule has 0 aliphatic carbocycles. The molecule has 0 radical (unpaired) electrons. The largest absolute Gasteiger partial charge is 0.375 e. The Morgan fingerprint density at radius 1 is 1.27 bits per heavy atom. The lowest BCUT2D eigenvalue weighted by atomic mass is 10.3. The zero-order chi connectivity index (χ0) is 7.94. The van der Waals surface area contributed by atoms with Crippen molar-refractivity contribution in [3.8, 4) is 0 Å². The molecule has 0 bridgehead atoms. The third-order valence-corrected chi connectivity index (χ3v) is 2.79. The number of para-hydroxylation sites is 1. The van der Waals surface area contributed by atoms with Gasteiger partial charge in [0.05, 0.1) is 5.88 Å². The first-order valence-electron chi connectivity index (χ1n) is 3.38. The van der Waals surface area contributed by atoms with Gasteiger partial charge in [-0.3, -0.25) is 0 Å². The van der Waals surface area contributed by atoms with Crippen molar-refractivity contribution >= 4 is 27.3 Å². The standard InChI is InChI=1S/C8H11NS2/c1-10-11-7-9-8-5-3-2-4-6-8/h2-6,9H,7H2,1H3. The van der Waals surface area contributed by atoms with Gasteiger partial charge in [0.2, 0.25) is 0 Å². The maximum absolute atomic E-state index is 3.29. The molecule has 0 aliphatic rings. The summed E-state index contributed by atoms with van der Waals surface area (Å²) in [6.07, 6.45) is 2.08. The van der Waals surface area contributed by atoms with Crippen LogP contribution in [0.2, 0.25) is 0 Å². The normalized spacial score (nSPS) is 9.55. The summed E-state index contributed by atoms with van der Waals surface area (Å²) in [4.78, 5) is 0. The second kappa shape index (κ2) is 5.38. The lowest BCUT2D eigenvalue weighted by Gasteiger charge is -2.02. The van der Waals surface area contributed by atoms with Crippen molar-refractivity contribution in [1.82, 2.24) is 0 Å². The number of nitrogens with one attached hydrogen (secondary N) is 1. The first-order chi connectivity index (χ1) is 5.43. The summed E-state index contributed by atoms with van der Waals surface area (Å²) in [5.74, 6) is 0.963. The zero-order valence-electron chi connectivity index (χ0n) is 6.41. The highest BCUT2D eigenvalue weighted by molar-refractivity contribution is 8.76. The maximum Gasteiger partial charge on any atom is 0.0713 e. The van der Waals surface area contributed by atoms with E-state index in [0.29, 0.717) is 0 Å². The van der Waals surface area contributed by atoms with Crippen LogP contribution >= 0.6 is 21.6 Å². The summed E-state index contributed by atoms with van der Waals surface area (Å²) in [7, 11) is 3.58. The Kier molecular flexibility index (Phi) is 4.31. The quantitative estimate of drug-likeness (QED) is 0.440. The van der Waals surface area contributed by atoms with Crippen LogP contribution in [0.25, 0.3) is 0 Å². The molecule has 0 spiro atoms. The lowest BCUT2D eigenvalue weighted by molar-refractivity contribution is 1.47. The van der Waals surface area contributed by atoms with Gasteiger partial charge in [-0.25, -0.2) is 0 Å². The van der Waals surface area contributed by atoms with Crippen LogP contribution in [0.3, 0.4) is 0 Å². The Bertz CT molecular complexity index is 189. The minimum absolute atomic E-state index is 0.963. The number of anilines is 1. The van der Waals surface area contributed by atoms with Gasteiger partial charge >= 0.3 is 0 Å². The molecule has 11 heavy (non-hydrogen) atoms. The first-order valence-corrected chi connectivity index (χ1v) is 6.11. The van der Waals surface area contributed by atoms with Gasteiger partial charge in [-0.2, -0.15) is 0 Å². The molecule has 0 unspecified atom stereocenters. The van der Waals surface area contributed by atoms with Crippen LogP contribution in [0.1, 0.15) is 0 Å². The summed E-state index contributed by atoms with van der Waals surface area (Å²) in [5.41, 5.74) is 1.19. The van der Waals surface area contributed by atoms with Gasteiger partial charge < -0.3 is 5.32 Å². The van der Waals surface area contributed by atoms with Crippen LogP contribution in [0.5, 0.6) is 0 Å². The topological polar surface area (TPSA) is 12.0 Å². The summed E-state index contributed by atoms with van der Waals surface area (Å²) in [6, 6.07) is 10.2. The van der Waals surface area contributed by atoms with Crippen molar-refractivity contribution < 1.29 is 0 Å². The van der Waals surface area contributed by atoms with Gasteiger partial charge in [0.25, 0.3) is 0 Å². The smallest absolute Gasteiger partial charge is 0.0713 e. The third-order valence-electron chi connectivity index (χ3n) is 1.23. The van der Waals surface area contributed by atoms with Gasteiger partial charge in [-0.05, 0) is 18.4 Å². The third kappa shape index (κ3) is 3.58. The first kappa shape index (κ1) is 8.81. The number of benzene rings is 1. The number of rotatable bonds is 4. The monoisotopic (exact) mass is 185 g/mol. The van der Waals surface area contributed by atoms with E-state index in [1.807, 2.05) is 29.0 Å². The van der Waals surface area contributed by atoms with Gasteiger partial charge in [0.1, 0.15) is 0 Å². The van der Waals surface area contributed by atoms with E-state index in [0.717, 1.165) is 5.88 Å². The minimum atomic E-state index is 0.963. The average molecular weight is 185 g/mol. The molecule has 3 heteroatoms. The number of hydrogen-bond acceptors (Lipinski definition) is 3. The van der Waals surface area contributed by atoms with Crippen molar-refractivity contribution in [3.05, 3.63) is 30.3 Å². The van der Waals surface area contributed by atoms with Crippen LogP contribution in [0, 0.1) is 0 Å². The molecule has 0 saturated carbocycles. The maximum atomic E-state index is 3.29. The molecule has 1 nitrogen and oxygen atoms in total. The van der Waals surface area contributed by atoms with E-state index in [9.17, 15) is 0 Å². The second-order valence-corrected chi connectivity index (χ2v) is 4.54. The average Bonchev–Trinajstić information content (AvgIpc) is 2.07. The van der Waals surface area contributed by atoms with Gasteiger partial charge in [0.15, 0.2) is 0 Å². The molecule has 0 heterocycles. The molecule has 0 fully saturated rings. The van der Waals surface area contributed by atoms with Crippen molar-refractivity contribution in [2.75, 3.05) is 17.4 Å². The van der Waals surface area contributed by atoms with Crippen LogP contribution in [0.4, 0.5) is 5.69 Å². The molecule has 1 aromatic carbocycles. The molecular formula is C8H11NS2. The molecule has 0 saturated heterocycles. The Hall–Kier alpha value is -0.280. The lowest BCUT2D eigenvalue weighted by Crippen LogP contribution is -1.94. The zero-order valence-corrected chi connectivity index (χ0v) is 8.04. The minimum Gasteiger partial charge on any atom is -0.375 e. The van der Waals surface area contributed by atoms with Gasteiger partial charge in [-0.15, -0.1) is 0 Å². The van der Waals surface area contributed by atoms with Crippen molar-refractivity contribution in [2.45, 2.75) is 0 Å². The van der Waals surface area contributed by atoms with E-state index in [1.54, 1.807) is 10.8 Å². The molecule has 1 aromatic rings. The SMILES string of the molecule is CSSCNc1ccccc1. The second-order valence-electron chi connectivity index (χ2n) is 1.97. The van der Waals surface area contributed by atoms with Crippen LogP contribution in [0.15, 0.2) is 30.3 Å². The predicted molar refractivity (Wildman–Crippen MR) is 56.0 cm³/mol. The van der Waals surface area contributed by atoms with E-state index >= 15 is 0 Å². The highest BCUT2D eigenvalue weighted by atomic mass is 33.1. The van der Waals surface area contributed by atoms with Crippen molar-refractivity contribution in [3.63, 3.8) is 0 Å². The highest BCUT2D eigenvalue weighted by Crippen LogP contribution is 2.17.